The Kier molecular flexibility index (Phi) is 5.46. The summed E-state index contributed by atoms with van der Waals surface area (Å²) in [5.41, 5.74) is 3.80. The van der Waals surface area contributed by atoms with Crippen molar-refractivity contribution >= 4 is 16.9 Å². The standard InChI is InChI=1S/C27H23NO4/c1-30-22-12-7-18(8-13-22)24-17-32-27(29)26(24)20-9-14-23(15-10-20)31-16-21-11-6-19-4-2-3-5-25(19)28-21/h2-15,24,26H,16-17H2,1H3. The average molecular weight is 425 g/mol. The van der Waals surface area contributed by atoms with Crippen molar-refractivity contribution in [2.24, 2.45) is 0 Å². The van der Waals surface area contributed by atoms with Crippen LogP contribution in [-0.2, 0) is 16.1 Å². The molecule has 5 nitrogen and oxygen atoms in total. The molecule has 1 saturated heterocycles. The molecule has 1 fully saturated rings. The number of carbonyl (C=O) groups is 1. The fraction of sp³-hybridized carbons (Fsp3) is 0.185. The molecule has 2 unspecified atom stereocenters. The van der Waals surface area contributed by atoms with Crippen LogP contribution in [0, 0.1) is 0 Å². The van der Waals surface area contributed by atoms with Crippen molar-refractivity contribution in [2.75, 3.05) is 13.7 Å². The number of ether oxygens (including phenoxy) is 3. The zero-order chi connectivity index (χ0) is 21.9. The monoisotopic (exact) mass is 425 g/mol. The average Bonchev–Trinajstić information content (AvgIpc) is 3.24. The van der Waals surface area contributed by atoms with Gasteiger partial charge in [-0.05, 0) is 47.5 Å². The molecule has 1 aromatic heterocycles. The maximum absolute atomic E-state index is 12.5. The molecule has 4 aromatic rings. The quantitative estimate of drug-likeness (QED) is 0.395. The Hall–Kier alpha value is -3.86. The van der Waals surface area contributed by atoms with Gasteiger partial charge in [0.05, 0.1) is 30.8 Å². The summed E-state index contributed by atoms with van der Waals surface area (Å²) in [6, 6.07) is 27.5. The zero-order valence-corrected chi connectivity index (χ0v) is 17.7. The van der Waals surface area contributed by atoms with E-state index in [-0.39, 0.29) is 17.8 Å². The van der Waals surface area contributed by atoms with Crippen molar-refractivity contribution in [3.05, 3.63) is 102 Å². The zero-order valence-electron chi connectivity index (χ0n) is 17.7. The van der Waals surface area contributed by atoms with Crippen molar-refractivity contribution in [2.45, 2.75) is 18.4 Å². The lowest BCUT2D eigenvalue weighted by molar-refractivity contribution is -0.139. The predicted octanol–water partition coefficient (Wildman–Crippen LogP) is 5.25. The maximum Gasteiger partial charge on any atom is 0.314 e. The minimum atomic E-state index is -0.334. The lowest BCUT2D eigenvalue weighted by Crippen LogP contribution is -2.12. The Morgan fingerprint density at radius 3 is 2.38 bits per heavy atom. The Bertz CT molecular complexity index is 1230. The molecule has 0 aliphatic carbocycles. The molecule has 3 aromatic carbocycles. The van der Waals surface area contributed by atoms with Gasteiger partial charge in [-0.1, -0.05) is 48.5 Å². The molecule has 2 atom stereocenters. The van der Waals surface area contributed by atoms with Crippen molar-refractivity contribution < 1.29 is 19.0 Å². The van der Waals surface area contributed by atoms with E-state index in [4.69, 9.17) is 14.2 Å². The van der Waals surface area contributed by atoms with Crippen LogP contribution in [0.15, 0.2) is 84.9 Å². The van der Waals surface area contributed by atoms with E-state index >= 15 is 0 Å². The van der Waals surface area contributed by atoms with Gasteiger partial charge in [0, 0.05) is 11.3 Å². The number of methoxy groups -OCH3 is 1. The largest absolute Gasteiger partial charge is 0.497 e. The molecule has 0 bridgehead atoms. The van der Waals surface area contributed by atoms with Crippen LogP contribution < -0.4 is 9.47 Å². The van der Waals surface area contributed by atoms with Crippen molar-refractivity contribution in [1.82, 2.24) is 4.98 Å². The third kappa shape index (κ3) is 4.02. The number of nitrogens with zero attached hydrogens (tertiary/aromatic N) is 1. The van der Waals surface area contributed by atoms with Gasteiger partial charge in [0.15, 0.2) is 0 Å². The van der Waals surface area contributed by atoms with E-state index in [0.29, 0.717) is 13.2 Å². The van der Waals surface area contributed by atoms with E-state index in [1.54, 1.807) is 7.11 Å². The minimum Gasteiger partial charge on any atom is -0.497 e. The van der Waals surface area contributed by atoms with Gasteiger partial charge in [0.1, 0.15) is 18.1 Å². The number of cyclic esters (lactones) is 1. The van der Waals surface area contributed by atoms with Gasteiger partial charge >= 0.3 is 5.97 Å². The SMILES string of the molecule is COc1ccc(C2COC(=O)C2c2ccc(OCc3ccc4ccccc4n3)cc2)cc1. The van der Waals surface area contributed by atoms with Crippen molar-refractivity contribution in [3.63, 3.8) is 0 Å². The minimum absolute atomic E-state index is 0.0259. The first-order valence-corrected chi connectivity index (χ1v) is 10.6. The number of fused-ring (bicyclic) bond motifs is 1. The van der Waals surface area contributed by atoms with Gasteiger partial charge in [0.2, 0.25) is 0 Å². The Morgan fingerprint density at radius 1 is 0.875 bits per heavy atom. The number of carbonyl (C=O) groups excluding carboxylic acids is 1. The Labute approximate surface area is 186 Å². The van der Waals surface area contributed by atoms with Gasteiger partial charge < -0.3 is 14.2 Å². The maximum atomic E-state index is 12.5. The van der Waals surface area contributed by atoms with E-state index < -0.39 is 0 Å². The molecule has 0 N–H and O–H groups in total. The highest BCUT2D eigenvalue weighted by Gasteiger charge is 2.39. The fourth-order valence-electron chi connectivity index (χ4n) is 4.15. The Morgan fingerprint density at radius 2 is 1.59 bits per heavy atom. The normalized spacial score (nSPS) is 17.8. The molecule has 1 aliphatic rings. The van der Waals surface area contributed by atoms with Crippen LogP contribution >= 0.6 is 0 Å². The third-order valence-electron chi connectivity index (χ3n) is 5.89. The highest BCUT2D eigenvalue weighted by atomic mass is 16.5. The highest BCUT2D eigenvalue weighted by Crippen LogP contribution is 2.40. The van der Waals surface area contributed by atoms with E-state index in [1.807, 2.05) is 78.9 Å². The summed E-state index contributed by atoms with van der Waals surface area (Å²) in [6.07, 6.45) is 0. The number of benzene rings is 3. The van der Waals surface area contributed by atoms with E-state index in [2.05, 4.69) is 11.1 Å². The smallest absolute Gasteiger partial charge is 0.314 e. The number of rotatable bonds is 6. The number of aromatic nitrogens is 1. The molecular formula is C27H23NO4. The predicted molar refractivity (Wildman–Crippen MR) is 122 cm³/mol. The van der Waals surface area contributed by atoms with Gasteiger partial charge in [-0.2, -0.15) is 0 Å². The van der Waals surface area contributed by atoms with Crippen LogP contribution in [0.25, 0.3) is 10.9 Å². The second kappa shape index (κ2) is 8.71. The molecule has 0 amide bonds. The van der Waals surface area contributed by atoms with E-state index in [9.17, 15) is 4.79 Å². The number of pyridine rings is 1. The highest BCUT2D eigenvalue weighted by molar-refractivity contribution is 5.82. The summed E-state index contributed by atoms with van der Waals surface area (Å²) in [7, 11) is 1.64. The number of hydrogen-bond donors (Lipinski definition) is 0. The molecule has 5 heteroatoms. The second-order valence-electron chi connectivity index (χ2n) is 7.84. The Balaban J connectivity index is 1.29. The van der Waals surface area contributed by atoms with Crippen LogP contribution in [0.2, 0.25) is 0 Å². The van der Waals surface area contributed by atoms with Gasteiger partial charge in [-0.15, -0.1) is 0 Å². The van der Waals surface area contributed by atoms with Crippen molar-refractivity contribution in [1.29, 1.82) is 0 Å². The van der Waals surface area contributed by atoms with Gasteiger partial charge in [-0.25, -0.2) is 4.98 Å². The van der Waals surface area contributed by atoms with Crippen LogP contribution in [0.4, 0.5) is 0 Å². The molecule has 32 heavy (non-hydrogen) atoms. The molecule has 2 heterocycles. The fourth-order valence-corrected chi connectivity index (χ4v) is 4.15. The molecule has 0 radical (unpaired) electrons. The second-order valence-corrected chi connectivity index (χ2v) is 7.84. The van der Waals surface area contributed by atoms with Gasteiger partial charge in [0.25, 0.3) is 0 Å². The number of esters is 1. The number of para-hydroxylation sites is 1. The first kappa shape index (κ1) is 20.1. The summed E-state index contributed by atoms with van der Waals surface area (Å²) < 4.78 is 16.6. The summed E-state index contributed by atoms with van der Waals surface area (Å²) in [4.78, 5) is 17.1. The summed E-state index contributed by atoms with van der Waals surface area (Å²) in [5, 5.41) is 1.11. The molecule has 1 aliphatic heterocycles. The van der Waals surface area contributed by atoms with E-state index in [0.717, 1.165) is 39.2 Å². The summed E-state index contributed by atoms with van der Waals surface area (Å²) in [5.74, 6) is 0.968. The lowest BCUT2D eigenvalue weighted by Gasteiger charge is -2.17. The lowest BCUT2D eigenvalue weighted by atomic mass is 9.83. The first-order valence-electron chi connectivity index (χ1n) is 10.6. The molecule has 0 saturated carbocycles. The third-order valence-corrected chi connectivity index (χ3v) is 5.89. The van der Waals surface area contributed by atoms with Crippen LogP contribution in [0.1, 0.15) is 28.7 Å². The van der Waals surface area contributed by atoms with Crippen LogP contribution in [0.5, 0.6) is 11.5 Å². The van der Waals surface area contributed by atoms with E-state index in [1.165, 1.54) is 0 Å². The first-order chi connectivity index (χ1) is 15.7. The van der Waals surface area contributed by atoms with Gasteiger partial charge in [-0.3, -0.25) is 4.79 Å². The van der Waals surface area contributed by atoms with Crippen LogP contribution in [0.3, 0.4) is 0 Å². The molecule has 5 rings (SSSR count). The summed E-state index contributed by atoms with van der Waals surface area (Å²) >= 11 is 0. The summed E-state index contributed by atoms with van der Waals surface area (Å²) in [6.45, 7) is 0.756. The van der Waals surface area contributed by atoms with Crippen LogP contribution in [-0.4, -0.2) is 24.7 Å². The number of hydrogen-bond acceptors (Lipinski definition) is 5. The topological polar surface area (TPSA) is 57.7 Å². The molecular weight excluding hydrogens is 402 g/mol. The molecule has 160 valence electrons. The van der Waals surface area contributed by atoms with Crippen molar-refractivity contribution in [3.8, 4) is 11.5 Å². The molecule has 0 spiro atoms.